The minimum Gasteiger partial charge on any atom is -0.447 e. The van der Waals surface area contributed by atoms with Gasteiger partial charge in [-0.15, -0.1) is 0 Å². The summed E-state index contributed by atoms with van der Waals surface area (Å²) in [6, 6.07) is 9.89. The molecular weight excluding hydrogens is 527 g/mol. The van der Waals surface area contributed by atoms with Crippen molar-refractivity contribution in [1.82, 2.24) is 19.8 Å². The first kappa shape index (κ1) is 29.0. The second kappa shape index (κ2) is 11.4. The Hall–Kier alpha value is -3.47. The highest BCUT2D eigenvalue weighted by molar-refractivity contribution is 5.90. The number of aromatic nitrogens is 2. The van der Waals surface area contributed by atoms with Crippen molar-refractivity contribution in [2.24, 2.45) is 5.92 Å². The molecule has 1 aliphatic carbocycles. The fraction of sp³-hybridized carbons (Fsp3) is 0.600. The summed E-state index contributed by atoms with van der Waals surface area (Å²) < 4.78 is 25.1. The number of cyclic esters (lactones) is 1. The lowest BCUT2D eigenvalue weighted by Gasteiger charge is -2.40. The van der Waals surface area contributed by atoms with Crippen LogP contribution in [0, 0.1) is 11.9 Å². The molecule has 1 aromatic carbocycles. The van der Waals surface area contributed by atoms with Crippen LogP contribution in [-0.4, -0.2) is 75.9 Å². The Labute approximate surface area is 241 Å². The Morgan fingerprint density at radius 3 is 2.41 bits per heavy atom. The Morgan fingerprint density at radius 1 is 1.15 bits per heavy atom. The van der Waals surface area contributed by atoms with E-state index in [1.807, 2.05) is 34.6 Å². The van der Waals surface area contributed by atoms with Crippen LogP contribution in [0.3, 0.4) is 0 Å². The highest BCUT2D eigenvalue weighted by Crippen LogP contribution is 2.40. The SMILES string of the molecule is CC(C)(C)OC(=O)N1CCN(C(CC2CC2)c2ccc(CNc3nc(F)cc(N4C(=O)OCC4(C)C)n3)cc2)CC1. The molecule has 2 amide bonds. The molecule has 2 aromatic rings. The van der Waals surface area contributed by atoms with Crippen LogP contribution < -0.4 is 10.2 Å². The van der Waals surface area contributed by atoms with Crippen LogP contribution in [0.1, 0.15) is 71.0 Å². The molecule has 11 heteroatoms. The van der Waals surface area contributed by atoms with Gasteiger partial charge < -0.3 is 19.7 Å². The second-order valence-electron chi connectivity index (χ2n) is 12.9. The maximum atomic E-state index is 14.4. The van der Waals surface area contributed by atoms with Gasteiger partial charge >= 0.3 is 12.2 Å². The number of carbonyl (C=O) groups is 2. The van der Waals surface area contributed by atoms with E-state index in [4.69, 9.17) is 9.47 Å². The number of carbonyl (C=O) groups excluding carboxylic acids is 2. The summed E-state index contributed by atoms with van der Waals surface area (Å²) in [4.78, 5) is 38.6. The molecule has 3 fully saturated rings. The maximum Gasteiger partial charge on any atom is 0.416 e. The molecule has 5 rings (SSSR count). The number of rotatable bonds is 8. The summed E-state index contributed by atoms with van der Waals surface area (Å²) in [6.45, 7) is 12.9. The quantitative estimate of drug-likeness (QED) is 0.425. The average Bonchev–Trinajstić information content (AvgIpc) is 3.68. The third-order valence-corrected chi connectivity index (χ3v) is 7.72. The van der Waals surface area contributed by atoms with E-state index in [9.17, 15) is 14.0 Å². The minimum atomic E-state index is -0.724. The molecule has 41 heavy (non-hydrogen) atoms. The molecule has 1 unspecified atom stereocenters. The normalized spacial score (nSPS) is 20.1. The molecule has 1 aromatic heterocycles. The molecule has 3 aliphatic rings. The zero-order valence-corrected chi connectivity index (χ0v) is 24.7. The Morgan fingerprint density at radius 2 is 1.83 bits per heavy atom. The van der Waals surface area contributed by atoms with Gasteiger partial charge in [-0.2, -0.15) is 14.4 Å². The van der Waals surface area contributed by atoms with E-state index in [-0.39, 0.29) is 24.5 Å². The van der Waals surface area contributed by atoms with Crippen LogP contribution >= 0.6 is 0 Å². The van der Waals surface area contributed by atoms with Gasteiger partial charge in [-0.1, -0.05) is 37.1 Å². The molecular formula is C30H41FN6O4. The van der Waals surface area contributed by atoms with Crippen molar-refractivity contribution in [1.29, 1.82) is 0 Å². The lowest BCUT2D eigenvalue weighted by molar-refractivity contribution is 0.00941. The molecule has 2 aliphatic heterocycles. The largest absolute Gasteiger partial charge is 0.447 e. The number of hydrogen-bond donors (Lipinski definition) is 1. The second-order valence-corrected chi connectivity index (χ2v) is 12.9. The van der Waals surface area contributed by atoms with Crippen molar-refractivity contribution in [3.8, 4) is 0 Å². The van der Waals surface area contributed by atoms with Gasteiger partial charge in [-0.25, -0.2) is 9.59 Å². The van der Waals surface area contributed by atoms with Gasteiger partial charge in [0.2, 0.25) is 11.9 Å². The molecule has 222 valence electrons. The minimum absolute atomic E-state index is 0.106. The van der Waals surface area contributed by atoms with Crippen molar-refractivity contribution >= 4 is 24.0 Å². The number of benzene rings is 1. The first-order valence-corrected chi connectivity index (χ1v) is 14.4. The number of nitrogens with one attached hydrogen (secondary N) is 1. The van der Waals surface area contributed by atoms with Crippen LogP contribution in [0.4, 0.5) is 25.7 Å². The van der Waals surface area contributed by atoms with E-state index < -0.39 is 23.2 Å². The lowest BCUT2D eigenvalue weighted by atomic mass is 9.97. The van der Waals surface area contributed by atoms with E-state index in [1.165, 1.54) is 23.3 Å². The molecule has 1 saturated carbocycles. The fourth-order valence-corrected chi connectivity index (χ4v) is 5.36. The Kier molecular flexibility index (Phi) is 8.09. The zero-order chi connectivity index (χ0) is 29.4. The predicted octanol–water partition coefficient (Wildman–Crippen LogP) is 5.36. The third kappa shape index (κ3) is 7.25. The van der Waals surface area contributed by atoms with E-state index >= 15 is 0 Å². The first-order valence-electron chi connectivity index (χ1n) is 14.4. The van der Waals surface area contributed by atoms with Gasteiger partial charge in [0, 0.05) is 44.8 Å². The zero-order valence-electron chi connectivity index (χ0n) is 24.7. The van der Waals surface area contributed by atoms with E-state index in [2.05, 4.69) is 44.5 Å². The highest BCUT2D eigenvalue weighted by Gasteiger charge is 2.42. The van der Waals surface area contributed by atoms with E-state index in [1.54, 1.807) is 4.90 Å². The number of amides is 2. The number of hydrogen-bond acceptors (Lipinski definition) is 8. The van der Waals surface area contributed by atoms with Crippen LogP contribution in [0.15, 0.2) is 30.3 Å². The molecule has 0 radical (unpaired) electrons. The van der Waals surface area contributed by atoms with Crippen LogP contribution in [-0.2, 0) is 16.0 Å². The molecule has 0 bridgehead atoms. The summed E-state index contributed by atoms with van der Waals surface area (Å²) in [6.07, 6.45) is 2.86. The van der Waals surface area contributed by atoms with Crippen LogP contribution in [0.25, 0.3) is 0 Å². The fourth-order valence-electron chi connectivity index (χ4n) is 5.36. The summed E-state index contributed by atoms with van der Waals surface area (Å²) >= 11 is 0. The molecule has 0 spiro atoms. The summed E-state index contributed by atoms with van der Waals surface area (Å²) in [5, 5.41) is 3.09. The van der Waals surface area contributed by atoms with E-state index in [0.29, 0.717) is 25.7 Å². The van der Waals surface area contributed by atoms with Crippen molar-refractivity contribution in [2.45, 2.75) is 77.6 Å². The van der Waals surface area contributed by atoms with Crippen molar-refractivity contribution < 1.29 is 23.5 Å². The summed E-state index contributed by atoms with van der Waals surface area (Å²) in [5.41, 5.74) is 1.13. The number of nitrogens with zero attached hydrogens (tertiary/aromatic N) is 5. The smallest absolute Gasteiger partial charge is 0.416 e. The highest BCUT2D eigenvalue weighted by atomic mass is 19.1. The van der Waals surface area contributed by atoms with E-state index in [0.717, 1.165) is 37.1 Å². The summed E-state index contributed by atoms with van der Waals surface area (Å²) in [7, 11) is 0. The predicted molar refractivity (Wildman–Crippen MR) is 153 cm³/mol. The number of halogens is 1. The maximum absolute atomic E-state index is 14.4. The summed E-state index contributed by atoms with van der Waals surface area (Å²) in [5.74, 6) is 0.298. The van der Waals surface area contributed by atoms with Gasteiger partial charge in [-0.05, 0) is 58.1 Å². The number of ether oxygens (including phenoxy) is 2. The molecule has 1 N–H and O–H groups in total. The van der Waals surface area contributed by atoms with Crippen molar-refractivity contribution in [3.63, 3.8) is 0 Å². The first-order chi connectivity index (χ1) is 19.4. The Balaban J connectivity index is 1.21. The van der Waals surface area contributed by atoms with Crippen molar-refractivity contribution in [3.05, 3.63) is 47.4 Å². The molecule has 1 atom stereocenters. The van der Waals surface area contributed by atoms with Gasteiger partial charge in [-0.3, -0.25) is 9.80 Å². The van der Waals surface area contributed by atoms with Gasteiger partial charge in [0.25, 0.3) is 0 Å². The average molecular weight is 569 g/mol. The topological polar surface area (TPSA) is 100 Å². The molecule has 3 heterocycles. The third-order valence-electron chi connectivity index (χ3n) is 7.72. The van der Waals surface area contributed by atoms with Gasteiger partial charge in [0.1, 0.15) is 18.0 Å². The van der Waals surface area contributed by atoms with Crippen molar-refractivity contribution in [2.75, 3.05) is 43.0 Å². The number of piperazine rings is 1. The van der Waals surface area contributed by atoms with Crippen LogP contribution in [0.5, 0.6) is 0 Å². The number of anilines is 2. The van der Waals surface area contributed by atoms with Gasteiger partial charge in [0.05, 0.1) is 5.54 Å². The molecule has 2 saturated heterocycles. The standard InChI is InChI=1S/C30H41FN6O4/c1-29(2,3)41-27(38)36-14-12-35(13-15-36)23(16-20-6-7-20)22-10-8-21(9-11-22)18-32-26-33-24(31)17-25(34-26)37-28(39)40-19-30(37,4)5/h8-11,17,20,23H,6-7,12-16,18-19H2,1-5H3,(H,32,33,34). The van der Waals surface area contributed by atoms with Crippen LogP contribution in [0.2, 0.25) is 0 Å². The Bertz CT molecular complexity index is 1250. The van der Waals surface area contributed by atoms with Gasteiger partial charge in [0.15, 0.2) is 0 Å². The monoisotopic (exact) mass is 568 g/mol. The molecule has 10 nitrogen and oxygen atoms in total. The lowest BCUT2D eigenvalue weighted by Crippen LogP contribution is -2.50.